The monoisotopic (exact) mass is 306 g/mol. The minimum absolute atomic E-state index is 0. The van der Waals surface area contributed by atoms with Gasteiger partial charge < -0.3 is 10.1 Å². The molecular formula is C14H21ClF2N2O. The van der Waals surface area contributed by atoms with Gasteiger partial charge in [-0.1, -0.05) is 18.2 Å². The number of nitrogens with zero attached hydrogens (tertiary/aromatic N) is 1. The summed E-state index contributed by atoms with van der Waals surface area (Å²) in [5.41, 5.74) is 0.825. The molecule has 0 spiro atoms. The van der Waals surface area contributed by atoms with Gasteiger partial charge in [0.25, 0.3) is 0 Å². The van der Waals surface area contributed by atoms with Crippen molar-refractivity contribution in [1.29, 1.82) is 0 Å². The van der Waals surface area contributed by atoms with Crippen LogP contribution in [0.5, 0.6) is 5.75 Å². The third-order valence-electron chi connectivity index (χ3n) is 3.50. The second-order valence-corrected chi connectivity index (χ2v) is 4.81. The number of alkyl halides is 2. The highest BCUT2D eigenvalue weighted by Crippen LogP contribution is 2.25. The zero-order chi connectivity index (χ0) is 13.7. The highest BCUT2D eigenvalue weighted by atomic mass is 35.5. The number of halogens is 3. The fourth-order valence-corrected chi connectivity index (χ4v) is 2.63. The summed E-state index contributed by atoms with van der Waals surface area (Å²) < 4.78 is 29.3. The van der Waals surface area contributed by atoms with E-state index in [1.807, 2.05) is 19.2 Å². The summed E-state index contributed by atoms with van der Waals surface area (Å²) in [6.45, 7) is -0.171. The van der Waals surface area contributed by atoms with Crippen LogP contribution in [0.15, 0.2) is 24.3 Å². The van der Waals surface area contributed by atoms with Gasteiger partial charge in [0.1, 0.15) is 5.75 Å². The van der Waals surface area contributed by atoms with E-state index in [9.17, 15) is 8.78 Å². The lowest BCUT2D eigenvalue weighted by Gasteiger charge is -2.25. The van der Waals surface area contributed by atoms with Crippen molar-refractivity contribution in [2.45, 2.75) is 32.0 Å². The molecule has 1 fully saturated rings. The van der Waals surface area contributed by atoms with E-state index >= 15 is 0 Å². The average Bonchev–Trinajstić information content (AvgIpc) is 2.79. The van der Waals surface area contributed by atoms with Crippen LogP contribution < -0.4 is 10.1 Å². The lowest BCUT2D eigenvalue weighted by atomic mass is 10.1. The van der Waals surface area contributed by atoms with Gasteiger partial charge in [0.15, 0.2) is 0 Å². The van der Waals surface area contributed by atoms with E-state index in [2.05, 4.69) is 15.0 Å². The molecule has 0 aliphatic carbocycles. The first kappa shape index (κ1) is 17.1. The topological polar surface area (TPSA) is 24.5 Å². The number of rotatable bonds is 6. The summed E-state index contributed by atoms with van der Waals surface area (Å²) in [7, 11) is 1.93. The van der Waals surface area contributed by atoms with Crippen molar-refractivity contribution < 1.29 is 13.5 Å². The molecule has 114 valence electrons. The van der Waals surface area contributed by atoms with Gasteiger partial charge in [-0.25, -0.2) is 0 Å². The van der Waals surface area contributed by atoms with Crippen LogP contribution >= 0.6 is 12.4 Å². The van der Waals surface area contributed by atoms with Crippen molar-refractivity contribution in [1.82, 2.24) is 10.2 Å². The molecule has 0 amide bonds. The van der Waals surface area contributed by atoms with Crippen LogP contribution in [0.4, 0.5) is 8.78 Å². The highest BCUT2D eigenvalue weighted by molar-refractivity contribution is 5.85. The first-order valence-electron chi connectivity index (χ1n) is 6.62. The summed E-state index contributed by atoms with van der Waals surface area (Å²) in [5.74, 6) is 0.285. The Kier molecular flexibility index (Phi) is 7.19. The molecule has 6 heteroatoms. The lowest BCUT2D eigenvalue weighted by Crippen LogP contribution is -2.36. The minimum Gasteiger partial charge on any atom is -0.434 e. The number of para-hydroxylation sites is 1. The number of hydrogen-bond acceptors (Lipinski definition) is 3. The van der Waals surface area contributed by atoms with Crippen LogP contribution in [0.2, 0.25) is 0 Å². The summed E-state index contributed by atoms with van der Waals surface area (Å²) in [6, 6.07) is 7.51. The molecule has 1 atom stereocenters. The summed E-state index contributed by atoms with van der Waals surface area (Å²) in [4.78, 5) is 2.32. The molecule has 20 heavy (non-hydrogen) atoms. The SMILES string of the molecule is CNCC1CCCN1Cc1ccccc1OC(F)F.Cl. The molecule has 1 aromatic rings. The van der Waals surface area contributed by atoms with Crippen LogP contribution in [-0.2, 0) is 6.54 Å². The maximum Gasteiger partial charge on any atom is 0.387 e. The maximum atomic E-state index is 12.4. The summed E-state index contributed by atoms with van der Waals surface area (Å²) in [6.07, 6.45) is 2.31. The molecule has 0 bridgehead atoms. The first-order chi connectivity index (χ1) is 9.20. The maximum absolute atomic E-state index is 12.4. The van der Waals surface area contributed by atoms with Crippen molar-refractivity contribution in [2.75, 3.05) is 20.1 Å². The van der Waals surface area contributed by atoms with Crippen LogP contribution in [-0.4, -0.2) is 37.7 Å². The van der Waals surface area contributed by atoms with Gasteiger partial charge in [-0.2, -0.15) is 8.78 Å². The third-order valence-corrected chi connectivity index (χ3v) is 3.50. The number of likely N-dealkylation sites (tertiary alicyclic amines) is 1. The minimum atomic E-state index is -2.77. The van der Waals surface area contributed by atoms with Crippen LogP contribution in [0, 0.1) is 0 Å². The van der Waals surface area contributed by atoms with Gasteiger partial charge in [-0.3, -0.25) is 4.90 Å². The largest absolute Gasteiger partial charge is 0.434 e. The Morgan fingerprint density at radius 1 is 1.40 bits per heavy atom. The molecule has 1 heterocycles. The lowest BCUT2D eigenvalue weighted by molar-refractivity contribution is -0.0508. The van der Waals surface area contributed by atoms with Crippen LogP contribution in [0.25, 0.3) is 0 Å². The molecule has 3 nitrogen and oxygen atoms in total. The molecular weight excluding hydrogens is 286 g/mol. The number of likely N-dealkylation sites (N-methyl/N-ethyl adjacent to an activating group) is 1. The fraction of sp³-hybridized carbons (Fsp3) is 0.571. The van der Waals surface area contributed by atoms with E-state index in [4.69, 9.17) is 0 Å². The van der Waals surface area contributed by atoms with Crippen molar-refractivity contribution in [2.24, 2.45) is 0 Å². The number of ether oxygens (including phenoxy) is 1. The zero-order valence-electron chi connectivity index (χ0n) is 11.5. The Hall–Kier alpha value is -0.910. The van der Waals surface area contributed by atoms with Crippen LogP contribution in [0.3, 0.4) is 0 Å². The second kappa shape index (κ2) is 8.39. The quantitative estimate of drug-likeness (QED) is 0.874. The number of hydrogen-bond donors (Lipinski definition) is 1. The standard InChI is InChI=1S/C14H20F2N2O.ClH/c1-17-9-12-6-4-8-18(12)10-11-5-2-3-7-13(11)19-14(15)16;/h2-3,5,7,12,14,17H,4,6,8-10H2,1H3;1H. The van der Waals surface area contributed by atoms with Gasteiger partial charge in [0.05, 0.1) is 0 Å². The Bertz CT molecular complexity index is 407. The highest BCUT2D eigenvalue weighted by Gasteiger charge is 2.24. The van der Waals surface area contributed by atoms with E-state index in [1.165, 1.54) is 0 Å². The molecule has 1 N–H and O–H groups in total. The van der Waals surface area contributed by atoms with Gasteiger partial charge in [0, 0.05) is 24.7 Å². The smallest absolute Gasteiger partial charge is 0.387 e. The van der Waals surface area contributed by atoms with Gasteiger partial charge >= 0.3 is 6.61 Å². The zero-order valence-corrected chi connectivity index (χ0v) is 12.3. The Morgan fingerprint density at radius 3 is 2.85 bits per heavy atom. The summed E-state index contributed by atoms with van der Waals surface area (Å²) >= 11 is 0. The number of benzene rings is 1. The van der Waals surface area contributed by atoms with Crippen molar-refractivity contribution >= 4 is 12.4 Å². The van der Waals surface area contributed by atoms with E-state index in [1.54, 1.807) is 12.1 Å². The average molecular weight is 307 g/mol. The molecule has 0 aromatic heterocycles. The fourth-order valence-electron chi connectivity index (χ4n) is 2.63. The second-order valence-electron chi connectivity index (χ2n) is 4.81. The molecule has 0 saturated carbocycles. The summed E-state index contributed by atoms with van der Waals surface area (Å²) in [5, 5.41) is 3.18. The Labute approximate surface area is 124 Å². The molecule has 1 aliphatic heterocycles. The predicted octanol–water partition coefficient (Wildman–Crippen LogP) is 2.89. The van der Waals surface area contributed by atoms with Gasteiger partial charge in [0.2, 0.25) is 0 Å². The molecule has 1 aliphatic rings. The Balaban J connectivity index is 0.00000200. The molecule has 1 aromatic carbocycles. The third kappa shape index (κ3) is 4.58. The van der Waals surface area contributed by atoms with E-state index in [-0.39, 0.29) is 18.2 Å². The molecule has 2 rings (SSSR count). The normalized spacial score (nSPS) is 19.1. The van der Waals surface area contributed by atoms with E-state index < -0.39 is 6.61 Å². The van der Waals surface area contributed by atoms with Crippen molar-refractivity contribution in [3.05, 3.63) is 29.8 Å². The Morgan fingerprint density at radius 2 is 2.15 bits per heavy atom. The van der Waals surface area contributed by atoms with Crippen molar-refractivity contribution in [3.63, 3.8) is 0 Å². The van der Waals surface area contributed by atoms with Gasteiger partial charge in [-0.15, -0.1) is 12.4 Å². The molecule has 0 radical (unpaired) electrons. The molecule has 1 saturated heterocycles. The van der Waals surface area contributed by atoms with Crippen LogP contribution in [0.1, 0.15) is 18.4 Å². The number of nitrogens with one attached hydrogen (secondary N) is 1. The molecule has 1 unspecified atom stereocenters. The van der Waals surface area contributed by atoms with Crippen molar-refractivity contribution in [3.8, 4) is 5.75 Å². The van der Waals surface area contributed by atoms with E-state index in [0.29, 0.717) is 12.6 Å². The van der Waals surface area contributed by atoms with Gasteiger partial charge in [-0.05, 0) is 32.5 Å². The predicted molar refractivity (Wildman–Crippen MR) is 77.7 cm³/mol. The first-order valence-corrected chi connectivity index (χ1v) is 6.62. The van der Waals surface area contributed by atoms with E-state index in [0.717, 1.165) is 31.5 Å².